The van der Waals surface area contributed by atoms with Crippen LogP contribution in [0.4, 0.5) is 4.79 Å². The Morgan fingerprint density at radius 2 is 1.69 bits per heavy atom. The van der Waals surface area contributed by atoms with Crippen molar-refractivity contribution in [2.75, 3.05) is 6.61 Å². The van der Waals surface area contributed by atoms with E-state index in [0.29, 0.717) is 25.7 Å². The fraction of sp³-hybridized carbons (Fsp3) is 0.464. The molecule has 0 radical (unpaired) electrons. The van der Waals surface area contributed by atoms with Crippen LogP contribution in [-0.4, -0.2) is 41.8 Å². The molecule has 2 aromatic carbocycles. The number of carbonyl (C=O) groups is 3. The maximum absolute atomic E-state index is 12.7. The van der Waals surface area contributed by atoms with Crippen molar-refractivity contribution in [3.63, 3.8) is 0 Å². The first-order chi connectivity index (χ1) is 17.0. The normalized spacial score (nSPS) is 19.5. The quantitative estimate of drug-likeness (QED) is 0.453. The minimum Gasteiger partial charge on any atom is -0.481 e. The number of ether oxygens (including phenoxy) is 1. The van der Waals surface area contributed by atoms with Crippen LogP contribution in [0.15, 0.2) is 48.5 Å². The van der Waals surface area contributed by atoms with Crippen molar-refractivity contribution in [3.05, 3.63) is 59.7 Å². The van der Waals surface area contributed by atoms with Gasteiger partial charge in [-0.3, -0.25) is 9.59 Å². The highest BCUT2D eigenvalue weighted by Gasteiger charge is 2.33. The van der Waals surface area contributed by atoms with Crippen LogP contribution in [0.3, 0.4) is 0 Å². The molecule has 7 nitrogen and oxygen atoms in total. The highest BCUT2D eigenvalue weighted by molar-refractivity contribution is 5.81. The van der Waals surface area contributed by atoms with E-state index in [0.717, 1.165) is 24.0 Å². The number of fused-ring (bicyclic) bond motifs is 3. The summed E-state index contributed by atoms with van der Waals surface area (Å²) in [5, 5.41) is 15.0. The molecule has 2 amide bonds. The Morgan fingerprint density at radius 3 is 2.31 bits per heavy atom. The van der Waals surface area contributed by atoms with Crippen molar-refractivity contribution >= 4 is 18.0 Å². The number of hydrogen-bond acceptors (Lipinski definition) is 4. The van der Waals surface area contributed by atoms with Crippen LogP contribution >= 0.6 is 0 Å². The zero-order valence-electron chi connectivity index (χ0n) is 20.2. The van der Waals surface area contributed by atoms with Gasteiger partial charge in [-0.05, 0) is 47.9 Å². The topological polar surface area (TPSA) is 105 Å². The molecule has 1 fully saturated rings. The SMILES string of the molecule is CCCC[C@H](CC(=O)O)NC(=O)[C@@H]1CC[C@H](NC(=O)OCC2c3ccccc3-c3ccccc32)C1. The second-order valence-electron chi connectivity index (χ2n) is 9.62. The number of amides is 2. The predicted octanol–water partition coefficient (Wildman–Crippen LogP) is 4.84. The molecule has 2 aliphatic carbocycles. The van der Waals surface area contributed by atoms with Crippen molar-refractivity contribution < 1.29 is 24.2 Å². The predicted molar refractivity (Wildman–Crippen MR) is 133 cm³/mol. The van der Waals surface area contributed by atoms with E-state index < -0.39 is 12.1 Å². The van der Waals surface area contributed by atoms with Crippen LogP contribution in [-0.2, 0) is 14.3 Å². The average molecular weight is 479 g/mol. The zero-order chi connectivity index (χ0) is 24.8. The third-order valence-corrected chi connectivity index (χ3v) is 7.14. The zero-order valence-corrected chi connectivity index (χ0v) is 20.2. The van der Waals surface area contributed by atoms with Crippen LogP contribution in [0.5, 0.6) is 0 Å². The summed E-state index contributed by atoms with van der Waals surface area (Å²) < 4.78 is 5.63. The van der Waals surface area contributed by atoms with Gasteiger partial charge >= 0.3 is 12.1 Å². The molecule has 0 aliphatic heterocycles. The summed E-state index contributed by atoms with van der Waals surface area (Å²) in [6.07, 6.45) is 3.82. The third kappa shape index (κ3) is 6.02. The van der Waals surface area contributed by atoms with Crippen LogP contribution in [0, 0.1) is 5.92 Å². The molecule has 0 aromatic heterocycles. The second kappa shape index (κ2) is 11.4. The second-order valence-corrected chi connectivity index (χ2v) is 9.62. The van der Waals surface area contributed by atoms with Gasteiger partial charge in [0.2, 0.25) is 5.91 Å². The van der Waals surface area contributed by atoms with Gasteiger partial charge in [0.15, 0.2) is 0 Å². The molecule has 3 N–H and O–H groups in total. The molecule has 7 heteroatoms. The standard InChI is InChI=1S/C28H34N2O5/c1-2-3-8-19(16-26(31)32)29-27(33)18-13-14-20(15-18)30-28(34)35-17-25-23-11-6-4-9-21(23)22-10-5-7-12-24(22)25/h4-7,9-12,18-20,25H,2-3,8,13-17H2,1H3,(H,29,33)(H,30,34)(H,31,32)/t18-,19-,20+/m1/s1. The third-order valence-electron chi connectivity index (χ3n) is 7.14. The van der Waals surface area contributed by atoms with E-state index in [1.165, 1.54) is 11.1 Å². The first kappa shape index (κ1) is 24.8. The fourth-order valence-corrected chi connectivity index (χ4v) is 5.36. The van der Waals surface area contributed by atoms with Crippen LogP contribution in [0.25, 0.3) is 11.1 Å². The molecule has 0 spiro atoms. The molecule has 1 saturated carbocycles. The summed E-state index contributed by atoms with van der Waals surface area (Å²) in [4.78, 5) is 36.4. The van der Waals surface area contributed by atoms with Gasteiger partial charge in [0.25, 0.3) is 0 Å². The van der Waals surface area contributed by atoms with E-state index in [1.807, 2.05) is 31.2 Å². The van der Waals surface area contributed by atoms with Crippen molar-refractivity contribution in [2.24, 2.45) is 5.92 Å². The average Bonchev–Trinajstić information content (AvgIpc) is 3.43. The summed E-state index contributed by atoms with van der Waals surface area (Å²) in [5.41, 5.74) is 4.69. The van der Waals surface area contributed by atoms with Gasteiger partial charge in [0.1, 0.15) is 6.61 Å². The minimum absolute atomic E-state index is 0.00421. The summed E-state index contributed by atoms with van der Waals surface area (Å²) in [5.74, 6) is -1.26. The Balaban J connectivity index is 1.27. The van der Waals surface area contributed by atoms with E-state index in [1.54, 1.807) is 0 Å². The number of nitrogens with one attached hydrogen (secondary N) is 2. The number of unbranched alkanes of at least 4 members (excludes halogenated alkanes) is 1. The number of benzene rings is 2. The lowest BCUT2D eigenvalue weighted by Gasteiger charge is -2.20. The molecule has 0 saturated heterocycles. The minimum atomic E-state index is -0.910. The molecule has 35 heavy (non-hydrogen) atoms. The molecular weight excluding hydrogens is 444 g/mol. The van der Waals surface area contributed by atoms with Gasteiger partial charge in [0.05, 0.1) is 6.42 Å². The van der Waals surface area contributed by atoms with Crippen LogP contribution in [0.1, 0.15) is 68.9 Å². The Kier molecular flexibility index (Phi) is 8.06. The number of carboxylic acid groups (broad SMARTS) is 1. The van der Waals surface area contributed by atoms with Crippen molar-refractivity contribution in [2.45, 2.75) is 69.9 Å². The maximum atomic E-state index is 12.7. The lowest BCUT2D eigenvalue weighted by atomic mass is 9.98. The number of rotatable bonds is 10. The summed E-state index contributed by atoms with van der Waals surface area (Å²) in [6.45, 7) is 2.29. The molecule has 0 heterocycles. The van der Waals surface area contributed by atoms with E-state index in [2.05, 4.69) is 34.9 Å². The molecule has 4 rings (SSSR count). The summed E-state index contributed by atoms with van der Waals surface area (Å²) >= 11 is 0. The van der Waals surface area contributed by atoms with E-state index >= 15 is 0 Å². The number of aliphatic carboxylic acids is 1. The number of carboxylic acids is 1. The van der Waals surface area contributed by atoms with Crippen molar-refractivity contribution in [1.82, 2.24) is 10.6 Å². The largest absolute Gasteiger partial charge is 0.481 e. The lowest BCUT2D eigenvalue weighted by Crippen LogP contribution is -2.40. The molecule has 0 unspecified atom stereocenters. The molecule has 0 bridgehead atoms. The first-order valence-corrected chi connectivity index (χ1v) is 12.6. The smallest absolute Gasteiger partial charge is 0.407 e. The van der Waals surface area contributed by atoms with Gasteiger partial charge in [-0.1, -0.05) is 68.3 Å². The Labute approximate surface area is 206 Å². The van der Waals surface area contributed by atoms with Crippen LogP contribution in [0.2, 0.25) is 0 Å². The Hall–Kier alpha value is -3.35. The monoisotopic (exact) mass is 478 g/mol. The highest BCUT2D eigenvalue weighted by atomic mass is 16.5. The van der Waals surface area contributed by atoms with Gasteiger partial charge < -0.3 is 20.5 Å². The van der Waals surface area contributed by atoms with E-state index in [4.69, 9.17) is 9.84 Å². The molecule has 186 valence electrons. The summed E-state index contributed by atoms with van der Waals surface area (Å²) in [6, 6.07) is 15.9. The number of hydrogen-bond donors (Lipinski definition) is 3. The molecule has 2 aliphatic rings. The Bertz CT molecular complexity index is 1020. The maximum Gasteiger partial charge on any atom is 0.407 e. The highest BCUT2D eigenvalue weighted by Crippen LogP contribution is 2.44. The number of alkyl carbamates (subject to hydrolysis) is 1. The molecule has 2 aromatic rings. The van der Waals surface area contributed by atoms with Gasteiger partial charge in [-0.15, -0.1) is 0 Å². The van der Waals surface area contributed by atoms with Crippen molar-refractivity contribution in [1.29, 1.82) is 0 Å². The fourth-order valence-electron chi connectivity index (χ4n) is 5.36. The number of carbonyl (C=O) groups excluding carboxylic acids is 2. The van der Waals surface area contributed by atoms with Gasteiger partial charge in [0, 0.05) is 23.9 Å². The van der Waals surface area contributed by atoms with Crippen molar-refractivity contribution in [3.8, 4) is 11.1 Å². The first-order valence-electron chi connectivity index (χ1n) is 12.6. The molecule has 3 atom stereocenters. The molecular formula is C28H34N2O5. The van der Waals surface area contributed by atoms with Gasteiger partial charge in [-0.25, -0.2) is 4.79 Å². The summed E-state index contributed by atoms with van der Waals surface area (Å²) in [7, 11) is 0. The van der Waals surface area contributed by atoms with E-state index in [9.17, 15) is 14.4 Å². The van der Waals surface area contributed by atoms with Gasteiger partial charge in [-0.2, -0.15) is 0 Å². The van der Waals surface area contributed by atoms with E-state index in [-0.39, 0.29) is 42.9 Å². The lowest BCUT2D eigenvalue weighted by molar-refractivity contribution is -0.137. The van der Waals surface area contributed by atoms with Crippen LogP contribution < -0.4 is 10.6 Å². The Morgan fingerprint density at radius 1 is 1.03 bits per heavy atom.